The topological polar surface area (TPSA) is 39.1 Å². The highest BCUT2D eigenvalue weighted by molar-refractivity contribution is 5.75. The predicted octanol–water partition coefficient (Wildman–Crippen LogP) is 3.30. The maximum Gasteiger partial charge on any atom is 0.261 e. The third kappa shape index (κ3) is 2.50. The fourth-order valence-electron chi connectivity index (χ4n) is 2.12. The molecule has 0 aliphatic heterocycles. The van der Waals surface area contributed by atoms with Crippen LogP contribution in [0.1, 0.15) is 36.7 Å². The van der Waals surface area contributed by atoms with Crippen molar-refractivity contribution in [2.45, 2.75) is 26.3 Å². The number of hydrogen-bond acceptors (Lipinski definition) is 2. The van der Waals surface area contributed by atoms with Crippen molar-refractivity contribution in [3.8, 4) is 11.3 Å². The highest BCUT2D eigenvalue weighted by Crippen LogP contribution is 2.22. The first kappa shape index (κ1) is 13.3. The number of rotatable bonds is 4. The Kier molecular flexibility index (Phi) is 3.95. The lowest BCUT2D eigenvalue weighted by molar-refractivity contribution is 0.112. The van der Waals surface area contributed by atoms with E-state index in [2.05, 4.69) is 0 Å². The summed E-state index contributed by atoms with van der Waals surface area (Å²) in [5, 5.41) is 0. The van der Waals surface area contributed by atoms with E-state index in [-0.39, 0.29) is 17.2 Å². The Labute approximate surface area is 112 Å². The highest BCUT2D eigenvalue weighted by Gasteiger charge is 2.13. The summed E-state index contributed by atoms with van der Waals surface area (Å²) >= 11 is 0. The zero-order valence-corrected chi connectivity index (χ0v) is 11.2. The second-order valence-electron chi connectivity index (χ2n) is 4.59. The van der Waals surface area contributed by atoms with Crippen LogP contribution in [0.2, 0.25) is 0 Å². The van der Waals surface area contributed by atoms with Crippen LogP contribution in [0.5, 0.6) is 0 Å². The van der Waals surface area contributed by atoms with Gasteiger partial charge in [0.2, 0.25) is 0 Å². The lowest BCUT2D eigenvalue weighted by Crippen LogP contribution is -2.27. The van der Waals surface area contributed by atoms with E-state index in [0.29, 0.717) is 6.29 Å². The lowest BCUT2D eigenvalue weighted by Gasteiger charge is -2.19. The number of pyridine rings is 1. The SMILES string of the molecule is CCC(C)n1c(-c2ccccc2)ccc(C=O)c1=O. The molecule has 2 rings (SSSR count). The van der Waals surface area contributed by atoms with Crippen LogP contribution >= 0.6 is 0 Å². The van der Waals surface area contributed by atoms with Crippen LogP contribution in [0, 0.1) is 0 Å². The van der Waals surface area contributed by atoms with Crippen LogP contribution in [0.4, 0.5) is 0 Å². The van der Waals surface area contributed by atoms with Gasteiger partial charge in [-0.3, -0.25) is 9.59 Å². The zero-order valence-electron chi connectivity index (χ0n) is 11.2. The third-order valence-corrected chi connectivity index (χ3v) is 3.37. The molecule has 1 heterocycles. The molecule has 0 amide bonds. The van der Waals surface area contributed by atoms with Crippen LogP contribution in [0.25, 0.3) is 11.3 Å². The first-order chi connectivity index (χ1) is 9.19. The number of hydrogen-bond donors (Lipinski definition) is 0. The maximum atomic E-state index is 12.3. The van der Waals surface area contributed by atoms with E-state index in [1.807, 2.05) is 50.2 Å². The molecular formula is C16H17NO2. The normalized spacial score (nSPS) is 12.1. The summed E-state index contributed by atoms with van der Waals surface area (Å²) in [6.45, 7) is 4.02. The smallest absolute Gasteiger partial charge is 0.261 e. The van der Waals surface area contributed by atoms with Gasteiger partial charge < -0.3 is 4.57 Å². The van der Waals surface area contributed by atoms with Crippen molar-refractivity contribution in [2.24, 2.45) is 0 Å². The van der Waals surface area contributed by atoms with E-state index >= 15 is 0 Å². The Bertz CT molecular complexity index is 629. The van der Waals surface area contributed by atoms with Crippen LogP contribution in [0.3, 0.4) is 0 Å². The van der Waals surface area contributed by atoms with Crippen molar-refractivity contribution < 1.29 is 4.79 Å². The van der Waals surface area contributed by atoms with Crippen molar-refractivity contribution in [1.82, 2.24) is 4.57 Å². The van der Waals surface area contributed by atoms with Gasteiger partial charge in [0.15, 0.2) is 6.29 Å². The van der Waals surface area contributed by atoms with E-state index in [1.54, 1.807) is 10.6 Å². The summed E-state index contributed by atoms with van der Waals surface area (Å²) in [7, 11) is 0. The number of carbonyl (C=O) groups is 1. The van der Waals surface area contributed by atoms with Crippen LogP contribution in [-0.2, 0) is 0 Å². The highest BCUT2D eigenvalue weighted by atomic mass is 16.1. The molecule has 0 fully saturated rings. The molecule has 0 aliphatic carbocycles. The minimum atomic E-state index is -0.217. The standard InChI is InChI=1S/C16H17NO2/c1-3-12(2)17-15(13-7-5-4-6-8-13)10-9-14(11-18)16(17)19/h4-12H,3H2,1-2H3. The zero-order chi connectivity index (χ0) is 13.8. The summed E-state index contributed by atoms with van der Waals surface area (Å²) in [4.78, 5) is 23.3. The van der Waals surface area contributed by atoms with E-state index in [9.17, 15) is 9.59 Å². The number of aromatic nitrogens is 1. The van der Waals surface area contributed by atoms with Crippen molar-refractivity contribution in [3.05, 3.63) is 58.4 Å². The number of aldehydes is 1. The summed E-state index contributed by atoms with van der Waals surface area (Å²) in [5.41, 5.74) is 1.83. The molecule has 0 bridgehead atoms. The van der Waals surface area contributed by atoms with Crippen LogP contribution in [0.15, 0.2) is 47.3 Å². The Morgan fingerprint density at radius 1 is 1.16 bits per heavy atom. The fourth-order valence-corrected chi connectivity index (χ4v) is 2.12. The Hall–Kier alpha value is -2.16. The van der Waals surface area contributed by atoms with Gasteiger partial charge in [0, 0.05) is 6.04 Å². The Morgan fingerprint density at radius 2 is 1.84 bits per heavy atom. The molecule has 0 saturated carbocycles. The predicted molar refractivity (Wildman–Crippen MR) is 76.5 cm³/mol. The van der Waals surface area contributed by atoms with Gasteiger partial charge >= 0.3 is 0 Å². The molecule has 0 spiro atoms. The Morgan fingerprint density at radius 3 is 2.42 bits per heavy atom. The van der Waals surface area contributed by atoms with E-state index < -0.39 is 0 Å². The fraction of sp³-hybridized carbons (Fsp3) is 0.250. The van der Waals surface area contributed by atoms with Gasteiger partial charge in [0.25, 0.3) is 5.56 Å². The average molecular weight is 255 g/mol. The second-order valence-corrected chi connectivity index (χ2v) is 4.59. The maximum absolute atomic E-state index is 12.3. The third-order valence-electron chi connectivity index (χ3n) is 3.37. The molecule has 3 heteroatoms. The van der Waals surface area contributed by atoms with Gasteiger partial charge in [-0.05, 0) is 31.0 Å². The number of benzene rings is 1. The molecule has 1 atom stereocenters. The molecule has 0 saturated heterocycles. The van der Waals surface area contributed by atoms with Gasteiger partial charge in [0.1, 0.15) is 0 Å². The molecule has 19 heavy (non-hydrogen) atoms. The molecule has 0 aliphatic rings. The quantitative estimate of drug-likeness (QED) is 0.786. The van der Waals surface area contributed by atoms with Gasteiger partial charge in [-0.15, -0.1) is 0 Å². The summed E-state index contributed by atoms with van der Waals surface area (Å²) < 4.78 is 1.71. The summed E-state index contributed by atoms with van der Waals surface area (Å²) in [6, 6.07) is 13.2. The van der Waals surface area contributed by atoms with Crippen molar-refractivity contribution in [1.29, 1.82) is 0 Å². The van der Waals surface area contributed by atoms with Gasteiger partial charge in [-0.25, -0.2) is 0 Å². The second kappa shape index (κ2) is 5.65. The molecule has 0 radical (unpaired) electrons. The molecule has 0 N–H and O–H groups in total. The van der Waals surface area contributed by atoms with Crippen LogP contribution < -0.4 is 5.56 Å². The van der Waals surface area contributed by atoms with E-state index in [1.165, 1.54) is 0 Å². The average Bonchev–Trinajstić information content (AvgIpc) is 2.47. The molecule has 98 valence electrons. The molecule has 1 unspecified atom stereocenters. The van der Waals surface area contributed by atoms with Gasteiger partial charge in [0.05, 0.1) is 11.3 Å². The number of carbonyl (C=O) groups excluding carboxylic acids is 1. The molecule has 2 aromatic rings. The minimum Gasteiger partial charge on any atom is -0.305 e. The lowest BCUT2D eigenvalue weighted by atomic mass is 10.1. The van der Waals surface area contributed by atoms with Crippen molar-refractivity contribution >= 4 is 6.29 Å². The molecule has 3 nitrogen and oxygen atoms in total. The first-order valence-corrected chi connectivity index (χ1v) is 6.45. The van der Waals surface area contributed by atoms with Crippen molar-refractivity contribution in [3.63, 3.8) is 0 Å². The summed E-state index contributed by atoms with van der Waals surface area (Å²) in [6.07, 6.45) is 1.46. The van der Waals surface area contributed by atoms with Crippen molar-refractivity contribution in [2.75, 3.05) is 0 Å². The monoisotopic (exact) mass is 255 g/mol. The first-order valence-electron chi connectivity index (χ1n) is 6.45. The molecular weight excluding hydrogens is 238 g/mol. The minimum absolute atomic E-state index is 0.0580. The van der Waals surface area contributed by atoms with Gasteiger partial charge in [-0.1, -0.05) is 37.3 Å². The number of nitrogens with zero attached hydrogens (tertiary/aromatic N) is 1. The Balaban J connectivity index is 2.71. The van der Waals surface area contributed by atoms with Gasteiger partial charge in [-0.2, -0.15) is 0 Å². The summed E-state index contributed by atoms with van der Waals surface area (Å²) in [5.74, 6) is 0. The molecule has 1 aromatic heterocycles. The molecule has 1 aromatic carbocycles. The van der Waals surface area contributed by atoms with E-state index in [0.717, 1.165) is 17.7 Å². The largest absolute Gasteiger partial charge is 0.305 e. The van der Waals surface area contributed by atoms with Crippen LogP contribution in [-0.4, -0.2) is 10.9 Å². The van der Waals surface area contributed by atoms with E-state index in [4.69, 9.17) is 0 Å².